The van der Waals surface area contributed by atoms with Crippen LogP contribution in [0.15, 0.2) is 23.5 Å². The van der Waals surface area contributed by atoms with Crippen molar-refractivity contribution >= 4 is 15.5 Å². The summed E-state index contributed by atoms with van der Waals surface area (Å²) in [5.74, 6) is 0.291. The fourth-order valence-electron chi connectivity index (χ4n) is 1.08. The van der Waals surface area contributed by atoms with Gasteiger partial charge in [-0.1, -0.05) is 5.10 Å². The van der Waals surface area contributed by atoms with E-state index >= 15 is 0 Å². The van der Waals surface area contributed by atoms with E-state index in [2.05, 4.69) is 20.5 Å². The number of nitrogen functional groups attached to an aromatic ring is 1. The highest BCUT2D eigenvalue weighted by atomic mass is 32.2. The normalized spacial score (nSPS) is 11.6. The zero-order valence-electron chi connectivity index (χ0n) is 8.27. The van der Waals surface area contributed by atoms with Crippen LogP contribution in [0.1, 0.15) is 0 Å². The SMILES string of the molecule is CS(=O)(=O)c1nnnn1-c1ccc(N)cn1. The number of sulfone groups is 1. The molecule has 0 aromatic carbocycles. The lowest BCUT2D eigenvalue weighted by molar-refractivity contribution is 0.585. The molecule has 0 bridgehead atoms. The predicted octanol–water partition coefficient (Wildman–Crippen LogP) is -0.957. The number of nitrogens with two attached hydrogens (primary N) is 1. The first-order chi connectivity index (χ1) is 7.48. The van der Waals surface area contributed by atoms with E-state index in [-0.39, 0.29) is 5.16 Å². The molecule has 16 heavy (non-hydrogen) atoms. The first-order valence-electron chi connectivity index (χ1n) is 4.19. The number of rotatable bonds is 2. The van der Waals surface area contributed by atoms with Gasteiger partial charge in [0.05, 0.1) is 11.9 Å². The lowest BCUT2D eigenvalue weighted by Gasteiger charge is -2.01. The summed E-state index contributed by atoms with van der Waals surface area (Å²) in [4.78, 5) is 3.93. The predicted molar refractivity (Wildman–Crippen MR) is 54.5 cm³/mol. The molecule has 0 aliphatic rings. The smallest absolute Gasteiger partial charge is 0.273 e. The van der Waals surface area contributed by atoms with Crippen LogP contribution in [0.2, 0.25) is 0 Å². The molecule has 0 unspecified atom stereocenters. The van der Waals surface area contributed by atoms with Crippen LogP contribution >= 0.6 is 0 Å². The number of nitrogens with zero attached hydrogens (tertiary/aromatic N) is 5. The molecule has 0 aliphatic carbocycles. The number of tetrazole rings is 1. The summed E-state index contributed by atoms with van der Waals surface area (Å²) in [7, 11) is -3.49. The molecule has 0 radical (unpaired) electrons. The van der Waals surface area contributed by atoms with Crippen LogP contribution in [-0.2, 0) is 9.84 Å². The van der Waals surface area contributed by atoms with Gasteiger partial charge < -0.3 is 5.73 Å². The third-order valence-corrected chi connectivity index (χ3v) is 2.68. The number of hydrogen-bond donors (Lipinski definition) is 1. The first-order valence-corrected chi connectivity index (χ1v) is 6.08. The summed E-state index contributed by atoms with van der Waals surface area (Å²) in [6.07, 6.45) is 2.41. The monoisotopic (exact) mass is 240 g/mol. The summed E-state index contributed by atoms with van der Waals surface area (Å²) in [5, 5.41) is 10.0. The quantitative estimate of drug-likeness (QED) is 0.718. The molecule has 0 amide bonds. The maximum absolute atomic E-state index is 11.3. The van der Waals surface area contributed by atoms with Crippen molar-refractivity contribution in [2.75, 3.05) is 12.0 Å². The summed E-state index contributed by atoms with van der Waals surface area (Å²) >= 11 is 0. The molecule has 2 rings (SSSR count). The number of hydrogen-bond acceptors (Lipinski definition) is 7. The Bertz CT molecular complexity index is 602. The highest BCUT2D eigenvalue weighted by molar-refractivity contribution is 7.90. The van der Waals surface area contributed by atoms with Crippen molar-refractivity contribution in [1.82, 2.24) is 25.2 Å². The highest BCUT2D eigenvalue weighted by Crippen LogP contribution is 2.10. The van der Waals surface area contributed by atoms with Crippen LogP contribution in [0.25, 0.3) is 5.82 Å². The van der Waals surface area contributed by atoms with Gasteiger partial charge in [0.2, 0.25) is 9.84 Å². The van der Waals surface area contributed by atoms with Crippen LogP contribution < -0.4 is 5.73 Å². The third-order valence-electron chi connectivity index (χ3n) is 1.76. The second kappa shape index (κ2) is 3.52. The maximum atomic E-state index is 11.3. The van der Waals surface area contributed by atoms with Crippen LogP contribution in [0, 0.1) is 0 Å². The van der Waals surface area contributed by atoms with E-state index in [1.165, 1.54) is 12.3 Å². The summed E-state index contributed by atoms with van der Waals surface area (Å²) in [5.41, 5.74) is 5.93. The minimum atomic E-state index is -3.49. The fourth-order valence-corrected chi connectivity index (χ4v) is 1.71. The topological polar surface area (TPSA) is 117 Å². The van der Waals surface area contributed by atoms with Crippen molar-refractivity contribution < 1.29 is 8.42 Å². The molecule has 0 fully saturated rings. The summed E-state index contributed by atoms with van der Waals surface area (Å²) < 4.78 is 23.7. The molecular weight excluding hydrogens is 232 g/mol. The number of pyridine rings is 1. The Morgan fingerprint density at radius 2 is 2.12 bits per heavy atom. The van der Waals surface area contributed by atoms with E-state index in [0.29, 0.717) is 11.5 Å². The lowest BCUT2D eigenvalue weighted by Crippen LogP contribution is -2.10. The lowest BCUT2D eigenvalue weighted by atomic mass is 10.4. The average Bonchev–Trinajstić information content (AvgIpc) is 2.66. The molecule has 8 nitrogen and oxygen atoms in total. The second-order valence-electron chi connectivity index (χ2n) is 3.10. The molecule has 2 aromatic rings. The zero-order chi connectivity index (χ0) is 11.8. The van der Waals surface area contributed by atoms with E-state index in [9.17, 15) is 8.42 Å². The van der Waals surface area contributed by atoms with Crippen LogP contribution in [-0.4, -0.2) is 39.9 Å². The van der Waals surface area contributed by atoms with Crippen LogP contribution in [0.3, 0.4) is 0 Å². The van der Waals surface area contributed by atoms with E-state index in [1.54, 1.807) is 6.07 Å². The Kier molecular flexibility index (Phi) is 2.31. The molecular formula is C7H8N6O2S. The van der Waals surface area contributed by atoms with E-state index in [1.807, 2.05) is 0 Å². The van der Waals surface area contributed by atoms with Crippen molar-refractivity contribution in [2.45, 2.75) is 5.16 Å². The molecule has 2 heterocycles. The van der Waals surface area contributed by atoms with E-state index in [0.717, 1.165) is 10.9 Å². The molecule has 2 aromatic heterocycles. The van der Waals surface area contributed by atoms with Crippen LogP contribution in [0.4, 0.5) is 5.69 Å². The molecule has 0 atom stereocenters. The molecule has 2 N–H and O–H groups in total. The van der Waals surface area contributed by atoms with Gasteiger partial charge in [-0.2, -0.15) is 4.68 Å². The Morgan fingerprint density at radius 3 is 2.69 bits per heavy atom. The minimum absolute atomic E-state index is 0.259. The molecule has 0 aliphatic heterocycles. The summed E-state index contributed by atoms with van der Waals surface area (Å²) in [6, 6.07) is 3.11. The van der Waals surface area contributed by atoms with Crippen molar-refractivity contribution in [3.05, 3.63) is 18.3 Å². The van der Waals surface area contributed by atoms with Gasteiger partial charge in [0.1, 0.15) is 0 Å². The zero-order valence-corrected chi connectivity index (χ0v) is 9.09. The van der Waals surface area contributed by atoms with Gasteiger partial charge >= 0.3 is 0 Å². The Hall–Kier alpha value is -2.03. The standard InChI is InChI=1S/C7H8N6O2S/c1-16(14,15)7-10-11-12-13(7)6-3-2-5(8)4-9-6/h2-4H,8H2,1H3. The molecule has 84 valence electrons. The fraction of sp³-hybridized carbons (Fsp3) is 0.143. The van der Waals surface area contributed by atoms with Gasteiger partial charge in [0.25, 0.3) is 5.16 Å². The van der Waals surface area contributed by atoms with Crippen molar-refractivity contribution in [3.63, 3.8) is 0 Å². The van der Waals surface area contributed by atoms with E-state index in [4.69, 9.17) is 5.73 Å². The summed E-state index contributed by atoms with van der Waals surface area (Å²) in [6.45, 7) is 0. The third kappa shape index (κ3) is 1.84. The molecule has 0 saturated carbocycles. The first kappa shape index (κ1) is 10.5. The minimum Gasteiger partial charge on any atom is -0.397 e. The largest absolute Gasteiger partial charge is 0.397 e. The maximum Gasteiger partial charge on any atom is 0.273 e. The average molecular weight is 240 g/mol. The van der Waals surface area contributed by atoms with Gasteiger partial charge in [-0.3, -0.25) is 0 Å². The number of anilines is 1. The van der Waals surface area contributed by atoms with Crippen molar-refractivity contribution in [2.24, 2.45) is 0 Å². The van der Waals surface area contributed by atoms with Gasteiger partial charge in [0, 0.05) is 6.26 Å². The molecule has 9 heteroatoms. The Labute approximate surface area is 91.0 Å². The second-order valence-corrected chi connectivity index (χ2v) is 5.00. The van der Waals surface area contributed by atoms with Crippen molar-refractivity contribution in [3.8, 4) is 5.82 Å². The molecule has 0 saturated heterocycles. The Morgan fingerprint density at radius 1 is 1.38 bits per heavy atom. The van der Waals surface area contributed by atoms with Gasteiger partial charge in [-0.15, -0.1) is 0 Å². The van der Waals surface area contributed by atoms with Gasteiger partial charge in [-0.25, -0.2) is 13.4 Å². The number of aromatic nitrogens is 5. The van der Waals surface area contributed by atoms with Crippen molar-refractivity contribution in [1.29, 1.82) is 0 Å². The van der Waals surface area contributed by atoms with Crippen LogP contribution in [0.5, 0.6) is 0 Å². The molecule has 0 spiro atoms. The van der Waals surface area contributed by atoms with Gasteiger partial charge in [-0.05, 0) is 22.6 Å². The Balaban J connectivity index is 2.58. The van der Waals surface area contributed by atoms with E-state index < -0.39 is 9.84 Å². The van der Waals surface area contributed by atoms with Gasteiger partial charge in [0.15, 0.2) is 5.82 Å². The highest BCUT2D eigenvalue weighted by Gasteiger charge is 2.18.